The summed E-state index contributed by atoms with van der Waals surface area (Å²) in [5.74, 6) is 0.213. The molecule has 0 radical (unpaired) electrons. The molecule has 3 N–H and O–H groups in total. The smallest absolute Gasteiger partial charge is 0.290 e. The number of fused-ring (bicyclic) bond motifs is 1. The van der Waals surface area contributed by atoms with E-state index in [1.807, 2.05) is 13.8 Å². The number of amides is 1. The number of rotatable bonds is 4. The standard InChI is InChI=1S/C18H19N5O3S/c1-11(2)23-17(25)14-8-4-3-7-13(14)15(22-23)16(24)20-21-18(27)19-10-12-6-5-9-26-12/h3-9,11H,10H2,1-2H3,(H,20,24)(H2,19,21,27). The van der Waals surface area contributed by atoms with E-state index < -0.39 is 5.91 Å². The lowest BCUT2D eigenvalue weighted by molar-refractivity contribution is 0.0938. The Morgan fingerprint density at radius 1 is 1.19 bits per heavy atom. The van der Waals surface area contributed by atoms with Gasteiger partial charge in [0.15, 0.2) is 10.8 Å². The van der Waals surface area contributed by atoms with E-state index in [0.29, 0.717) is 23.1 Å². The predicted octanol–water partition coefficient (Wildman–Crippen LogP) is 1.88. The molecule has 0 saturated heterocycles. The maximum Gasteiger partial charge on any atom is 0.290 e. The number of benzene rings is 1. The van der Waals surface area contributed by atoms with Crippen LogP contribution in [0.15, 0.2) is 51.9 Å². The summed E-state index contributed by atoms with van der Waals surface area (Å²) in [6.07, 6.45) is 1.57. The highest BCUT2D eigenvalue weighted by atomic mass is 32.1. The Hall–Kier alpha value is -3.20. The summed E-state index contributed by atoms with van der Waals surface area (Å²) >= 11 is 5.13. The van der Waals surface area contributed by atoms with Crippen LogP contribution in [-0.4, -0.2) is 20.8 Å². The van der Waals surface area contributed by atoms with E-state index in [2.05, 4.69) is 21.3 Å². The lowest BCUT2D eigenvalue weighted by atomic mass is 10.1. The molecule has 0 spiro atoms. The van der Waals surface area contributed by atoms with Gasteiger partial charge in [0.1, 0.15) is 5.76 Å². The third-order valence-electron chi connectivity index (χ3n) is 3.83. The molecule has 1 amide bonds. The molecule has 1 aromatic carbocycles. The second-order valence-electron chi connectivity index (χ2n) is 6.08. The zero-order valence-corrected chi connectivity index (χ0v) is 15.7. The third-order valence-corrected chi connectivity index (χ3v) is 4.07. The van der Waals surface area contributed by atoms with Crippen molar-refractivity contribution in [3.05, 3.63) is 64.5 Å². The molecule has 0 bridgehead atoms. The van der Waals surface area contributed by atoms with Crippen LogP contribution in [0.25, 0.3) is 10.8 Å². The van der Waals surface area contributed by atoms with Crippen molar-refractivity contribution in [2.45, 2.75) is 26.4 Å². The quantitative estimate of drug-likeness (QED) is 0.466. The fraction of sp³-hybridized carbons (Fsp3) is 0.222. The van der Waals surface area contributed by atoms with Crippen molar-refractivity contribution >= 4 is 34.0 Å². The molecule has 140 valence electrons. The fourth-order valence-electron chi connectivity index (χ4n) is 2.52. The number of aromatic nitrogens is 2. The summed E-state index contributed by atoms with van der Waals surface area (Å²) in [5.41, 5.74) is 5.03. The first-order valence-electron chi connectivity index (χ1n) is 8.35. The molecular formula is C18H19N5O3S. The van der Waals surface area contributed by atoms with Crippen molar-refractivity contribution in [1.82, 2.24) is 25.9 Å². The van der Waals surface area contributed by atoms with Gasteiger partial charge in [-0.1, -0.05) is 18.2 Å². The summed E-state index contributed by atoms with van der Waals surface area (Å²) in [6, 6.07) is 10.3. The van der Waals surface area contributed by atoms with Gasteiger partial charge in [-0.05, 0) is 44.3 Å². The zero-order chi connectivity index (χ0) is 19.4. The normalized spacial score (nSPS) is 10.8. The van der Waals surface area contributed by atoms with Crippen LogP contribution in [0.3, 0.4) is 0 Å². The van der Waals surface area contributed by atoms with Gasteiger partial charge in [-0.15, -0.1) is 0 Å². The maximum absolute atomic E-state index is 12.6. The lowest BCUT2D eigenvalue weighted by Crippen LogP contribution is -2.47. The van der Waals surface area contributed by atoms with E-state index in [9.17, 15) is 9.59 Å². The van der Waals surface area contributed by atoms with Crippen LogP contribution < -0.4 is 21.7 Å². The van der Waals surface area contributed by atoms with Crippen LogP contribution >= 0.6 is 12.2 Å². The van der Waals surface area contributed by atoms with Gasteiger partial charge in [-0.25, -0.2) is 4.68 Å². The first-order chi connectivity index (χ1) is 13.0. The number of hydrogen-bond donors (Lipinski definition) is 3. The molecule has 0 unspecified atom stereocenters. The third kappa shape index (κ3) is 4.14. The molecule has 8 nitrogen and oxygen atoms in total. The summed E-state index contributed by atoms with van der Waals surface area (Å²) in [5, 5.41) is 8.28. The van der Waals surface area contributed by atoms with Crippen LogP contribution in [0.4, 0.5) is 0 Å². The van der Waals surface area contributed by atoms with E-state index in [4.69, 9.17) is 16.6 Å². The highest BCUT2D eigenvalue weighted by Gasteiger charge is 2.17. The summed E-state index contributed by atoms with van der Waals surface area (Å²) < 4.78 is 6.49. The molecule has 0 aliphatic carbocycles. The first-order valence-corrected chi connectivity index (χ1v) is 8.76. The minimum absolute atomic E-state index is 0.139. The average molecular weight is 385 g/mol. The number of carbonyl (C=O) groups is 1. The number of nitrogens with zero attached hydrogens (tertiary/aromatic N) is 2. The minimum Gasteiger partial charge on any atom is -0.467 e. The van der Waals surface area contributed by atoms with Gasteiger partial charge in [-0.2, -0.15) is 5.10 Å². The van der Waals surface area contributed by atoms with Crippen LogP contribution in [0.2, 0.25) is 0 Å². The van der Waals surface area contributed by atoms with E-state index in [1.54, 1.807) is 42.7 Å². The van der Waals surface area contributed by atoms with Crippen LogP contribution in [0, 0.1) is 0 Å². The topological polar surface area (TPSA) is 101 Å². The first kappa shape index (κ1) is 18.6. The number of carbonyl (C=O) groups excluding carboxylic acids is 1. The molecule has 3 rings (SSSR count). The molecule has 0 atom stereocenters. The SMILES string of the molecule is CC(C)n1nc(C(=O)NNC(=S)NCc2ccco2)c2ccccc2c1=O. The van der Waals surface area contributed by atoms with Crippen molar-refractivity contribution in [1.29, 1.82) is 0 Å². The molecule has 0 aliphatic rings. The maximum atomic E-state index is 12.6. The number of hydrazine groups is 1. The van der Waals surface area contributed by atoms with Gasteiger partial charge in [0.2, 0.25) is 0 Å². The molecule has 0 aliphatic heterocycles. The number of thiocarbonyl (C=S) groups is 1. The van der Waals surface area contributed by atoms with Crippen molar-refractivity contribution in [2.24, 2.45) is 0 Å². The van der Waals surface area contributed by atoms with Crippen LogP contribution in [-0.2, 0) is 6.54 Å². The Morgan fingerprint density at radius 2 is 1.93 bits per heavy atom. The van der Waals surface area contributed by atoms with Gasteiger partial charge in [0.05, 0.1) is 24.2 Å². The Kier molecular flexibility index (Phi) is 5.51. The average Bonchev–Trinajstić information content (AvgIpc) is 3.18. The van der Waals surface area contributed by atoms with E-state index >= 15 is 0 Å². The Balaban J connectivity index is 1.76. The molecule has 0 fully saturated rings. The monoisotopic (exact) mass is 385 g/mol. The second kappa shape index (κ2) is 8.00. The molecule has 27 heavy (non-hydrogen) atoms. The molecule has 2 heterocycles. The van der Waals surface area contributed by atoms with E-state index in [-0.39, 0.29) is 22.4 Å². The molecule has 3 aromatic rings. The molecular weight excluding hydrogens is 366 g/mol. The van der Waals surface area contributed by atoms with Crippen molar-refractivity contribution in [3.63, 3.8) is 0 Å². The molecule has 9 heteroatoms. The highest BCUT2D eigenvalue weighted by molar-refractivity contribution is 7.80. The van der Waals surface area contributed by atoms with E-state index in [0.717, 1.165) is 0 Å². The Bertz CT molecular complexity index is 1030. The fourth-order valence-corrected chi connectivity index (χ4v) is 2.64. The predicted molar refractivity (Wildman–Crippen MR) is 105 cm³/mol. The second-order valence-corrected chi connectivity index (χ2v) is 6.49. The summed E-state index contributed by atoms with van der Waals surface area (Å²) in [7, 11) is 0. The molecule has 0 saturated carbocycles. The van der Waals surface area contributed by atoms with Crippen LogP contribution in [0.5, 0.6) is 0 Å². The van der Waals surface area contributed by atoms with Gasteiger partial charge in [0.25, 0.3) is 11.5 Å². The molecule has 2 aromatic heterocycles. The van der Waals surface area contributed by atoms with Crippen molar-refractivity contribution in [2.75, 3.05) is 0 Å². The van der Waals surface area contributed by atoms with Crippen molar-refractivity contribution in [3.8, 4) is 0 Å². The Labute approximate surface area is 160 Å². The largest absolute Gasteiger partial charge is 0.467 e. The number of nitrogens with one attached hydrogen (secondary N) is 3. The lowest BCUT2D eigenvalue weighted by Gasteiger charge is -2.14. The number of hydrogen-bond acceptors (Lipinski definition) is 5. The zero-order valence-electron chi connectivity index (χ0n) is 14.9. The summed E-state index contributed by atoms with van der Waals surface area (Å²) in [6.45, 7) is 4.04. The summed E-state index contributed by atoms with van der Waals surface area (Å²) in [4.78, 5) is 25.1. The van der Waals surface area contributed by atoms with Gasteiger partial charge in [0, 0.05) is 5.39 Å². The van der Waals surface area contributed by atoms with Gasteiger partial charge < -0.3 is 9.73 Å². The van der Waals surface area contributed by atoms with E-state index in [1.165, 1.54) is 4.68 Å². The minimum atomic E-state index is -0.497. The van der Waals surface area contributed by atoms with Gasteiger partial charge >= 0.3 is 0 Å². The van der Waals surface area contributed by atoms with Gasteiger partial charge in [-0.3, -0.25) is 20.4 Å². The Morgan fingerprint density at radius 3 is 2.59 bits per heavy atom. The van der Waals surface area contributed by atoms with Crippen LogP contribution in [0.1, 0.15) is 36.1 Å². The number of furan rings is 1. The van der Waals surface area contributed by atoms with Crippen molar-refractivity contribution < 1.29 is 9.21 Å². The highest BCUT2D eigenvalue weighted by Crippen LogP contribution is 2.14.